The third kappa shape index (κ3) is 5.23. The summed E-state index contributed by atoms with van der Waals surface area (Å²) in [4.78, 5) is 48.6. The first kappa shape index (κ1) is 23.2. The summed E-state index contributed by atoms with van der Waals surface area (Å²) >= 11 is 0. The molecule has 0 radical (unpaired) electrons. The number of Topliss-reactive ketones (excluding diaryl/α,β-unsaturated/α-hetero) is 1. The van der Waals surface area contributed by atoms with Crippen LogP contribution in [0.15, 0.2) is 30.3 Å². The number of benzene rings is 2. The molecule has 1 heterocycles. The van der Waals surface area contributed by atoms with Crippen LogP contribution in [0, 0.1) is 6.92 Å². The predicted octanol–water partition coefficient (Wildman–Crippen LogP) is 1.29. The molecule has 2 atom stereocenters. The van der Waals surface area contributed by atoms with E-state index in [0.717, 1.165) is 10.9 Å². The van der Waals surface area contributed by atoms with E-state index in [1.54, 1.807) is 19.1 Å². The zero-order chi connectivity index (χ0) is 23.5. The van der Waals surface area contributed by atoms with Gasteiger partial charge in [-0.15, -0.1) is 0 Å². The van der Waals surface area contributed by atoms with Gasteiger partial charge in [0.05, 0.1) is 32.4 Å². The highest BCUT2D eigenvalue weighted by molar-refractivity contribution is 6.07. The number of esters is 1. The summed E-state index contributed by atoms with van der Waals surface area (Å²) in [5, 5.41) is 6.31. The zero-order valence-electron chi connectivity index (χ0n) is 18.4. The van der Waals surface area contributed by atoms with Gasteiger partial charge >= 0.3 is 5.97 Å². The monoisotopic (exact) mass is 442 g/mol. The first-order valence-corrected chi connectivity index (χ1v) is 10.1. The van der Waals surface area contributed by atoms with Gasteiger partial charge in [0.15, 0.2) is 0 Å². The van der Waals surface area contributed by atoms with Crippen molar-refractivity contribution in [1.29, 1.82) is 0 Å². The van der Waals surface area contributed by atoms with Gasteiger partial charge in [-0.3, -0.25) is 14.4 Å². The maximum atomic E-state index is 13.1. The van der Waals surface area contributed by atoms with Crippen LogP contribution < -0.4 is 15.4 Å². The van der Waals surface area contributed by atoms with E-state index in [1.807, 2.05) is 25.1 Å². The summed E-state index contributed by atoms with van der Waals surface area (Å²) in [6, 6.07) is 8.93. The number of methoxy groups -OCH3 is 1. The minimum Gasteiger partial charge on any atom is -0.497 e. The molecule has 9 heteroatoms. The first-order valence-electron chi connectivity index (χ1n) is 10.1. The van der Waals surface area contributed by atoms with E-state index in [9.17, 15) is 19.2 Å². The van der Waals surface area contributed by atoms with Crippen LogP contribution in [0.1, 0.15) is 29.8 Å². The minimum absolute atomic E-state index is 0.129. The van der Waals surface area contributed by atoms with Crippen molar-refractivity contribution < 1.29 is 33.4 Å². The van der Waals surface area contributed by atoms with Gasteiger partial charge in [0.2, 0.25) is 12.0 Å². The molecular weight excluding hydrogens is 416 g/mol. The Labute approximate surface area is 185 Å². The number of ketones is 1. The highest BCUT2D eigenvalue weighted by atomic mass is 16.6. The second kappa shape index (κ2) is 9.35. The average molecular weight is 442 g/mol. The van der Waals surface area contributed by atoms with E-state index in [4.69, 9.17) is 14.2 Å². The lowest BCUT2D eigenvalue weighted by Gasteiger charge is -2.21. The Morgan fingerprint density at radius 1 is 1.12 bits per heavy atom. The number of hydrogen-bond donors (Lipinski definition) is 2. The van der Waals surface area contributed by atoms with Crippen molar-refractivity contribution in [2.75, 3.05) is 26.8 Å². The largest absolute Gasteiger partial charge is 0.497 e. The molecule has 0 unspecified atom stereocenters. The van der Waals surface area contributed by atoms with Crippen LogP contribution >= 0.6 is 0 Å². The summed E-state index contributed by atoms with van der Waals surface area (Å²) in [6.45, 7) is 4.64. The number of ether oxygens (including phenoxy) is 3. The van der Waals surface area contributed by atoms with Crippen molar-refractivity contribution >= 4 is 34.3 Å². The Bertz CT molecular complexity index is 1080. The highest BCUT2D eigenvalue weighted by Gasteiger charge is 2.53. The summed E-state index contributed by atoms with van der Waals surface area (Å²) in [6.07, 6.45) is -1.26. The number of carbonyl (C=O) groups is 4. The van der Waals surface area contributed by atoms with Crippen molar-refractivity contribution in [2.45, 2.75) is 32.5 Å². The summed E-state index contributed by atoms with van der Waals surface area (Å²) in [7, 11) is 1.50. The minimum atomic E-state index is -1.26. The molecular formula is C23H26N2O7. The molecule has 0 aromatic heterocycles. The molecule has 2 aromatic carbocycles. The fraction of sp³-hybridized carbons (Fsp3) is 0.391. The van der Waals surface area contributed by atoms with Gasteiger partial charge in [-0.2, -0.15) is 0 Å². The van der Waals surface area contributed by atoms with E-state index in [2.05, 4.69) is 10.6 Å². The number of rotatable bonds is 9. The van der Waals surface area contributed by atoms with Crippen molar-refractivity contribution in [3.05, 3.63) is 41.5 Å². The standard InChI is InChI=1S/C23H26N2O7/c1-13-6-5-7-16-17(13)8-15(30-4)9-18(16)22(29)32-20(23(3)12-31-23)21(28)25-11-19(27)24-10-14(2)26/h5-9,20H,10-12H2,1-4H3,(H,24,27)(H,25,28)/t20-,23+/m1/s1. The Hall–Kier alpha value is -3.46. The van der Waals surface area contributed by atoms with Gasteiger partial charge in [0.25, 0.3) is 5.91 Å². The number of hydrogen-bond acceptors (Lipinski definition) is 7. The van der Waals surface area contributed by atoms with E-state index in [-0.39, 0.29) is 31.0 Å². The molecule has 170 valence electrons. The van der Waals surface area contributed by atoms with Crippen LogP contribution in [0.3, 0.4) is 0 Å². The lowest BCUT2D eigenvalue weighted by molar-refractivity contribution is -0.135. The van der Waals surface area contributed by atoms with Crippen molar-refractivity contribution in [3.8, 4) is 5.75 Å². The molecule has 0 spiro atoms. The van der Waals surface area contributed by atoms with E-state index in [0.29, 0.717) is 11.1 Å². The maximum absolute atomic E-state index is 13.1. The number of fused-ring (bicyclic) bond motifs is 1. The molecule has 1 aliphatic rings. The Kier molecular flexibility index (Phi) is 6.78. The first-order chi connectivity index (χ1) is 15.1. The van der Waals surface area contributed by atoms with Crippen molar-refractivity contribution in [3.63, 3.8) is 0 Å². The molecule has 1 aliphatic heterocycles. The normalized spacial score (nSPS) is 17.9. The van der Waals surface area contributed by atoms with E-state index in [1.165, 1.54) is 14.0 Å². The SMILES string of the molecule is COc1cc(C(=O)O[C@H](C(=O)NCC(=O)NCC(C)=O)[C@]2(C)CO2)c2cccc(C)c2c1. The molecule has 1 saturated heterocycles. The van der Waals surface area contributed by atoms with Crippen LogP contribution in [-0.4, -0.2) is 62.1 Å². The molecule has 2 amide bonds. The third-order valence-electron chi connectivity index (χ3n) is 5.22. The van der Waals surface area contributed by atoms with Crippen LogP contribution in [0.4, 0.5) is 0 Å². The Morgan fingerprint density at radius 2 is 1.84 bits per heavy atom. The molecule has 2 N–H and O–H groups in total. The van der Waals surface area contributed by atoms with E-state index < -0.39 is 29.5 Å². The molecule has 0 saturated carbocycles. The zero-order valence-corrected chi connectivity index (χ0v) is 18.4. The van der Waals surface area contributed by atoms with E-state index >= 15 is 0 Å². The van der Waals surface area contributed by atoms with Gasteiger partial charge in [-0.25, -0.2) is 4.79 Å². The van der Waals surface area contributed by atoms with Gasteiger partial charge in [-0.05, 0) is 49.2 Å². The summed E-state index contributed by atoms with van der Waals surface area (Å²) in [5.41, 5.74) is 0.225. The molecule has 3 rings (SSSR count). The number of aryl methyl sites for hydroxylation is 1. The summed E-state index contributed by atoms with van der Waals surface area (Å²) < 4.78 is 16.3. The van der Waals surface area contributed by atoms with Crippen LogP contribution in [0.2, 0.25) is 0 Å². The molecule has 1 fully saturated rings. The van der Waals surface area contributed by atoms with Gasteiger partial charge < -0.3 is 24.8 Å². The number of epoxide rings is 1. The highest BCUT2D eigenvalue weighted by Crippen LogP contribution is 2.34. The molecule has 9 nitrogen and oxygen atoms in total. The fourth-order valence-corrected chi connectivity index (χ4v) is 3.23. The van der Waals surface area contributed by atoms with Crippen molar-refractivity contribution in [2.24, 2.45) is 0 Å². The van der Waals surface area contributed by atoms with Crippen molar-refractivity contribution in [1.82, 2.24) is 10.6 Å². The average Bonchev–Trinajstić information content (AvgIpc) is 3.51. The molecule has 32 heavy (non-hydrogen) atoms. The van der Waals surface area contributed by atoms with Gasteiger partial charge in [0, 0.05) is 0 Å². The summed E-state index contributed by atoms with van der Waals surface area (Å²) in [5.74, 6) is -1.64. The quantitative estimate of drug-likeness (QED) is 0.443. The Morgan fingerprint density at radius 3 is 2.47 bits per heavy atom. The smallest absolute Gasteiger partial charge is 0.339 e. The fourth-order valence-electron chi connectivity index (χ4n) is 3.23. The second-order valence-corrected chi connectivity index (χ2v) is 7.93. The van der Waals surface area contributed by atoms with Crippen LogP contribution in [-0.2, 0) is 23.9 Å². The second-order valence-electron chi connectivity index (χ2n) is 7.93. The molecule has 2 aromatic rings. The Balaban J connectivity index is 1.79. The number of carbonyl (C=O) groups excluding carboxylic acids is 4. The lowest BCUT2D eigenvalue weighted by atomic mass is 10.00. The lowest BCUT2D eigenvalue weighted by Crippen LogP contribution is -2.49. The van der Waals surface area contributed by atoms with Gasteiger partial charge in [0.1, 0.15) is 17.1 Å². The van der Waals surface area contributed by atoms with Crippen LogP contribution in [0.25, 0.3) is 10.8 Å². The van der Waals surface area contributed by atoms with Gasteiger partial charge in [-0.1, -0.05) is 18.2 Å². The maximum Gasteiger partial charge on any atom is 0.339 e. The third-order valence-corrected chi connectivity index (χ3v) is 5.22. The predicted molar refractivity (Wildman–Crippen MR) is 115 cm³/mol. The molecule has 0 bridgehead atoms. The molecule has 0 aliphatic carbocycles. The number of amides is 2. The number of nitrogens with one attached hydrogen (secondary N) is 2. The topological polar surface area (TPSA) is 123 Å². The van der Waals surface area contributed by atoms with Crippen LogP contribution in [0.5, 0.6) is 5.75 Å².